The Labute approximate surface area is 152 Å². The monoisotopic (exact) mass is 371 g/mol. The Morgan fingerprint density at radius 3 is 2.56 bits per heavy atom. The minimum absolute atomic E-state index is 0.288. The van der Waals surface area contributed by atoms with Crippen LogP contribution < -0.4 is 16.6 Å². The number of nitrogens with two attached hydrogens (primary N) is 1. The Morgan fingerprint density at radius 1 is 1.16 bits per heavy atom. The van der Waals surface area contributed by atoms with Crippen molar-refractivity contribution in [3.63, 3.8) is 0 Å². The van der Waals surface area contributed by atoms with E-state index in [1.165, 1.54) is 23.5 Å². The van der Waals surface area contributed by atoms with E-state index < -0.39 is 6.17 Å². The molecule has 1 aliphatic heterocycles. The van der Waals surface area contributed by atoms with Crippen LogP contribution in [0, 0.1) is 9.77 Å². The number of aromatic nitrogens is 1. The molecule has 0 spiro atoms. The topological polar surface area (TPSA) is 67.4 Å². The van der Waals surface area contributed by atoms with Gasteiger partial charge in [-0.3, -0.25) is 4.57 Å². The van der Waals surface area contributed by atoms with Gasteiger partial charge >= 0.3 is 0 Å². The van der Waals surface area contributed by atoms with Gasteiger partial charge in [-0.25, -0.2) is 15.2 Å². The number of nitrogens with one attached hydrogen (secondary N) is 2. The number of halogens is 1. The zero-order valence-corrected chi connectivity index (χ0v) is 14.6. The van der Waals surface area contributed by atoms with Crippen molar-refractivity contribution < 1.29 is 4.39 Å². The predicted octanol–water partition coefficient (Wildman–Crippen LogP) is 3.74. The molecule has 25 heavy (non-hydrogen) atoms. The Kier molecular flexibility index (Phi) is 4.08. The van der Waals surface area contributed by atoms with Crippen LogP contribution >= 0.6 is 23.6 Å². The first-order valence-electron chi connectivity index (χ1n) is 7.55. The van der Waals surface area contributed by atoms with E-state index in [2.05, 4.69) is 15.7 Å². The molecule has 126 valence electrons. The van der Waals surface area contributed by atoms with Gasteiger partial charge in [0, 0.05) is 5.69 Å². The summed E-state index contributed by atoms with van der Waals surface area (Å²) in [6.45, 7) is 0. The fourth-order valence-corrected chi connectivity index (χ4v) is 4.10. The van der Waals surface area contributed by atoms with Crippen molar-refractivity contribution in [1.82, 2.24) is 9.99 Å². The average Bonchev–Trinajstić information content (AvgIpc) is 2.98. The molecule has 4 N–H and O–H groups in total. The normalized spacial score (nSPS) is 15.9. The summed E-state index contributed by atoms with van der Waals surface area (Å²) < 4.78 is 15.9. The lowest BCUT2D eigenvalue weighted by Gasteiger charge is -2.24. The van der Waals surface area contributed by atoms with Crippen LogP contribution in [0.1, 0.15) is 16.6 Å². The summed E-state index contributed by atoms with van der Waals surface area (Å²) in [7, 11) is 0. The number of aliphatic imine (C=N–C) groups is 1. The molecule has 1 aliphatic rings. The molecule has 0 amide bonds. The summed E-state index contributed by atoms with van der Waals surface area (Å²) in [5.74, 6) is 6.76. The minimum atomic E-state index is -0.391. The maximum atomic E-state index is 13.2. The molecule has 0 radical (unpaired) electrons. The number of para-hydroxylation sites is 1. The molecule has 0 saturated heterocycles. The molecule has 2 aromatic carbocycles. The largest absolute Gasteiger partial charge is 0.344 e. The molecule has 5 nitrogen and oxygen atoms in total. The Hall–Kier alpha value is -2.55. The standard InChI is InChI=1S/C17H14FN5S2/c18-11-8-6-10(7-9-11)14-20-15(22-19)13-16(21-14)23(17(24)25-13)12-4-2-1-3-5-12/h1-9,14,21H,19H2,(H,20,22). The number of benzene rings is 2. The molecule has 0 bridgehead atoms. The Bertz CT molecular complexity index is 992. The quantitative estimate of drug-likeness (QED) is 0.365. The highest BCUT2D eigenvalue weighted by atomic mass is 32.1. The number of fused-ring (bicyclic) bond motifs is 1. The van der Waals surface area contributed by atoms with Gasteiger partial charge in [0.05, 0.1) is 0 Å². The molecule has 0 saturated carbocycles. The summed E-state index contributed by atoms with van der Waals surface area (Å²) in [6, 6.07) is 16.1. The lowest BCUT2D eigenvalue weighted by molar-refractivity contribution is 0.626. The van der Waals surface area contributed by atoms with Crippen LogP contribution in [0.25, 0.3) is 5.69 Å². The van der Waals surface area contributed by atoms with Gasteiger partial charge < -0.3 is 10.7 Å². The number of hydrogen-bond acceptors (Lipinski definition) is 6. The van der Waals surface area contributed by atoms with E-state index in [-0.39, 0.29) is 5.82 Å². The number of anilines is 1. The van der Waals surface area contributed by atoms with Crippen molar-refractivity contribution in [2.45, 2.75) is 6.17 Å². The second-order valence-electron chi connectivity index (χ2n) is 5.44. The molecule has 1 atom stereocenters. The third-order valence-corrected chi connectivity index (χ3v) is 5.27. The molecular weight excluding hydrogens is 357 g/mol. The molecular formula is C17H14FN5S2. The van der Waals surface area contributed by atoms with Gasteiger partial charge in [-0.1, -0.05) is 41.7 Å². The van der Waals surface area contributed by atoms with Crippen molar-refractivity contribution >= 4 is 35.2 Å². The van der Waals surface area contributed by atoms with E-state index in [1.54, 1.807) is 12.1 Å². The van der Waals surface area contributed by atoms with E-state index >= 15 is 0 Å². The van der Waals surface area contributed by atoms with Crippen molar-refractivity contribution in [3.8, 4) is 5.69 Å². The first-order chi connectivity index (χ1) is 12.2. The van der Waals surface area contributed by atoms with Crippen molar-refractivity contribution in [3.05, 3.63) is 74.8 Å². The van der Waals surface area contributed by atoms with E-state index in [4.69, 9.17) is 18.1 Å². The fraction of sp³-hybridized carbons (Fsp3) is 0.0588. The van der Waals surface area contributed by atoms with Gasteiger partial charge in [0.2, 0.25) is 0 Å². The highest BCUT2D eigenvalue weighted by Crippen LogP contribution is 2.35. The average molecular weight is 371 g/mol. The number of nitrogens with zero attached hydrogens (tertiary/aromatic N) is 2. The van der Waals surface area contributed by atoms with Crippen LogP contribution in [-0.4, -0.2) is 10.4 Å². The van der Waals surface area contributed by atoms with Crippen LogP contribution in [0.15, 0.2) is 59.6 Å². The predicted molar refractivity (Wildman–Crippen MR) is 101 cm³/mol. The summed E-state index contributed by atoms with van der Waals surface area (Å²) in [5.41, 5.74) is 4.43. The second kappa shape index (κ2) is 6.40. The summed E-state index contributed by atoms with van der Waals surface area (Å²) >= 11 is 6.97. The molecule has 0 aliphatic carbocycles. The van der Waals surface area contributed by atoms with Gasteiger partial charge in [-0.05, 0) is 42.0 Å². The number of hydrogen-bond donors (Lipinski definition) is 3. The summed E-state index contributed by atoms with van der Waals surface area (Å²) in [5, 5.41) is 3.39. The highest BCUT2D eigenvalue weighted by molar-refractivity contribution is 7.73. The smallest absolute Gasteiger partial charge is 0.168 e. The van der Waals surface area contributed by atoms with Crippen LogP contribution in [0.5, 0.6) is 0 Å². The van der Waals surface area contributed by atoms with Crippen LogP contribution in [0.4, 0.5) is 10.2 Å². The number of thiazole rings is 1. The van der Waals surface area contributed by atoms with E-state index in [0.29, 0.717) is 9.79 Å². The van der Waals surface area contributed by atoms with Crippen molar-refractivity contribution in [2.24, 2.45) is 10.8 Å². The third-order valence-electron chi connectivity index (χ3n) is 3.89. The maximum absolute atomic E-state index is 13.2. The van der Waals surface area contributed by atoms with E-state index in [1.807, 2.05) is 34.9 Å². The first kappa shape index (κ1) is 15.9. The molecule has 4 rings (SSSR count). The molecule has 8 heteroatoms. The molecule has 1 unspecified atom stereocenters. The lowest BCUT2D eigenvalue weighted by Crippen LogP contribution is -2.35. The van der Waals surface area contributed by atoms with Crippen molar-refractivity contribution in [2.75, 3.05) is 5.32 Å². The second-order valence-corrected chi connectivity index (χ2v) is 7.08. The van der Waals surface area contributed by atoms with Crippen LogP contribution in [-0.2, 0) is 0 Å². The maximum Gasteiger partial charge on any atom is 0.168 e. The SMILES string of the molecule is NNC1=NC(c2ccc(F)cc2)Nc2c1sc(=S)n2-c1ccccc1. The van der Waals surface area contributed by atoms with Gasteiger partial charge in [0.1, 0.15) is 22.7 Å². The molecule has 0 fully saturated rings. The number of amidine groups is 1. The zero-order chi connectivity index (χ0) is 17.4. The van der Waals surface area contributed by atoms with Crippen LogP contribution in [0.2, 0.25) is 0 Å². The van der Waals surface area contributed by atoms with E-state index in [9.17, 15) is 4.39 Å². The summed E-state index contributed by atoms with van der Waals surface area (Å²) in [6.07, 6.45) is -0.391. The Balaban J connectivity index is 1.84. The number of hydrazine groups is 1. The highest BCUT2D eigenvalue weighted by Gasteiger charge is 2.26. The van der Waals surface area contributed by atoms with Gasteiger partial charge in [0.25, 0.3) is 0 Å². The van der Waals surface area contributed by atoms with Gasteiger partial charge in [0.15, 0.2) is 9.79 Å². The zero-order valence-electron chi connectivity index (χ0n) is 12.9. The van der Waals surface area contributed by atoms with Gasteiger partial charge in [-0.2, -0.15) is 0 Å². The van der Waals surface area contributed by atoms with Gasteiger partial charge in [-0.15, -0.1) is 0 Å². The fourth-order valence-electron chi connectivity index (χ4n) is 2.73. The first-order valence-corrected chi connectivity index (χ1v) is 8.78. The summed E-state index contributed by atoms with van der Waals surface area (Å²) in [4.78, 5) is 5.43. The van der Waals surface area contributed by atoms with Crippen LogP contribution in [0.3, 0.4) is 0 Å². The molecule has 2 heterocycles. The lowest BCUT2D eigenvalue weighted by atomic mass is 10.1. The Morgan fingerprint density at radius 2 is 1.88 bits per heavy atom. The van der Waals surface area contributed by atoms with E-state index in [0.717, 1.165) is 21.9 Å². The third kappa shape index (κ3) is 2.84. The van der Waals surface area contributed by atoms with Crippen molar-refractivity contribution in [1.29, 1.82) is 0 Å². The number of rotatable bonds is 2. The molecule has 1 aromatic heterocycles. The molecule has 3 aromatic rings. The minimum Gasteiger partial charge on any atom is -0.344 e.